The summed E-state index contributed by atoms with van der Waals surface area (Å²) in [5.74, 6) is -0.474. The molecule has 9 heteroatoms. The van der Waals surface area contributed by atoms with Gasteiger partial charge in [0.15, 0.2) is 5.06 Å². The van der Waals surface area contributed by atoms with Gasteiger partial charge >= 0.3 is 0 Å². The molecule has 0 unspecified atom stereocenters. The van der Waals surface area contributed by atoms with E-state index in [1.165, 1.54) is 29.7 Å². The van der Waals surface area contributed by atoms with E-state index in [1.807, 2.05) is 0 Å². The van der Waals surface area contributed by atoms with Gasteiger partial charge in [0.1, 0.15) is 11.5 Å². The fourth-order valence-electron chi connectivity index (χ4n) is 2.93. The number of aromatic amines is 1. The van der Waals surface area contributed by atoms with Crippen LogP contribution in [0.4, 0.5) is 4.39 Å². The van der Waals surface area contributed by atoms with Gasteiger partial charge in [0.2, 0.25) is 0 Å². The standard InChI is InChI=1S/C20H12Cl2FN3O2S/c1-28-15-7-6-14(29-15)16-17(19-12(22)8-10(21)9-24-19)20(27)26-25-18(16)11-4-2-3-5-13(11)23/h2-9H,1H3,(H,26,27). The molecular formula is C20H12Cl2FN3O2S. The zero-order valence-electron chi connectivity index (χ0n) is 14.9. The van der Waals surface area contributed by atoms with Crippen molar-refractivity contribution >= 4 is 34.5 Å². The highest BCUT2D eigenvalue weighted by Gasteiger charge is 2.24. The van der Waals surface area contributed by atoms with E-state index >= 15 is 0 Å². The van der Waals surface area contributed by atoms with Gasteiger partial charge in [-0.25, -0.2) is 9.49 Å². The lowest BCUT2D eigenvalue weighted by atomic mass is 9.98. The topological polar surface area (TPSA) is 67.9 Å². The van der Waals surface area contributed by atoms with Gasteiger partial charge < -0.3 is 4.74 Å². The summed E-state index contributed by atoms with van der Waals surface area (Å²) >= 11 is 13.6. The van der Waals surface area contributed by atoms with E-state index in [-0.39, 0.29) is 27.5 Å². The lowest BCUT2D eigenvalue weighted by Gasteiger charge is -2.13. The van der Waals surface area contributed by atoms with Gasteiger partial charge in [0.25, 0.3) is 5.56 Å². The van der Waals surface area contributed by atoms with Crippen LogP contribution in [-0.4, -0.2) is 22.3 Å². The summed E-state index contributed by atoms with van der Waals surface area (Å²) in [6.07, 6.45) is 1.39. The number of pyridine rings is 1. The van der Waals surface area contributed by atoms with Crippen LogP contribution in [0.2, 0.25) is 10.0 Å². The van der Waals surface area contributed by atoms with Crippen molar-refractivity contribution in [3.8, 4) is 38.0 Å². The second-order valence-electron chi connectivity index (χ2n) is 5.94. The van der Waals surface area contributed by atoms with E-state index < -0.39 is 11.4 Å². The number of hydrogen-bond donors (Lipinski definition) is 1. The molecule has 5 nitrogen and oxygen atoms in total. The first-order valence-corrected chi connectivity index (χ1v) is 9.90. The highest BCUT2D eigenvalue weighted by Crippen LogP contribution is 2.43. The Kier molecular flexibility index (Phi) is 5.36. The van der Waals surface area contributed by atoms with Crippen molar-refractivity contribution in [3.63, 3.8) is 0 Å². The number of benzene rings is 1. The molecular weight excluding hydrogens is 436 g/mol. The highest BCUT2D eigenvalue weighted by atomic mass is 35.5. The average Bonchev–Trinajstić information content (AvgIpc) is 3.18. The van der Waals surface area contributed by atoms with Crippen LogP contribution in [0, 0.1) is 5.82 Å². The second kappa shape index (κ2) is 7.94. The van der Waals surface area contributed by atoms with Crippen LogP contribution < -0.4 is 10.3 Å². The monoisotopic (exact) mass is 447 g/mol. The third kappa shape index (κ3) is 3.64. The SMILES string of the molecule is COc1ccc(-c2c(-c3ccccc3F)n[nH]c(=O)c2-c2ncc(Cl)cc2Cl)s1. The third-order valence-electron chi connectivity index (χ3n) is 4.19. The van der Waals surface area contributed by atoms with E-state index in [9.17, 15) is 9.18 Å². The van der Waals surface area contributed by atoms with Gasteiger partial charge in [-0.1, -0.05) is 46.7 Å². The Bertz CT molecular complexity index is 1270. The molecule has 0 radical (unpaired) electrons. The first-order valence-electron chi connectivity index (χ1n) is 8.32. The van der Waals surface area contributed by atoms with Gasteiger partial charge in [-0.15, -0.1) is 0 Å². The molecule has 0 fully saturated rings. The number of methoxy groups -OCH3 is 1. The molecule has 1 N–H and O–H groups in total. The lowest BCUT2D eigenvalue weighted by Crippen LogP contribution is -2.15. The molecule has 0 atom stereocenters. The number of thiophene rings is 1. The summed E-state index contributed by atoms with van der Waals surface area (Å²) in [6, 6.07) is 11.2. The minimum Gasteiger partial charge on any atom is -0.487 e. The number of hydrogen-bond acceptors (Lipinski definition) is 5. The Balaban J connectivity index is 2.11. The molecule has 4 aromatic rings. The molecule has 4 rings (SSSR count). The zero-order chi connectivity index (χ0) is 20.5. The largest absolute Gasteiger partial charge is 0.487 e. The minimum absolute atomic E-state index is 0.171. The van der Waals surface area contributed by atoms with Crippen LogP contribution in [-0.2, 0) is 0 Å². The Labute approximate surface area is 178 Å². The van der Waals surface area contributed by atoms with E-state index in [0.29, 0.717) is 20.5 Å². The maximum Gasteiger partial charge on any atom is 0.274 e. The molecule has 0 saturated carbocycles. The predicted octanol–water partition coefficient (Wildman–Crippen LogP) is 5.68. The van der Waals surface area contributed by atoms with Crippen molar-refractivity contribution in [2.75, 3.05) is 7.11 Å². The Hall–Kier alpha value is -2.74. The summed E-state index contributed by atoms with van der Waals surface area (Å²) in [7, 11) is 1.54. The van der Waals surface area contributed by atoms with Gasteiger partial charge in [0, 0.05) is 22.2 Å². The quantitative estimate of drug-likeness (QED) is 0.436. The van der Waals surface area contributed by atoms with Crippen LogP contribution >= 0.6 is 34.5 Å². The number of aromatic nitrogens is 3. The second-order valence-corrected chi connectivity index (χ2v) is 7.83. The molecule has 0 aliphatic rings. The Morgan fingerprint density at radius 1 is 1.10 bits per heavy atom. The maximum atomic E-state index is 14.6. The van der Waals surface area contributed by atoms with Gasteiger partial charge in [0.05, 0.1) is 28.4 Å². The number of rotatable bonds is 4. The van der Waals surface area contributed by atoms with Gasteiger partial charge in [-0.05, 0) is 30.3 Å². The molecule has 29 heavy (non-hydrogen) atoms. The zero-order valence-corrected chi connectivity index (χ0v) is 17.2. The number of halogens is 3. The molecule has 0 saturated heterocycles. The normalized spacial score (nSPS) is 10.9. The Morgan fingerprint density at radius 2 is 1.90 bits per heavy atom. The van der Waals surface area contributed by atoms with E-state index in [2.05, 4.69) is 15.2 Å². The van der Waals surface area contributed by atoms with E-state index in [0.717, 1.165) is 0 Å². The van der Waals surface area contributed by atoms with Crippen molar-refractivity contribution in [2.45, 2.75) is 0 Å². The van der Waals surface area contributed by atoms with E-state index in [4.69, 9.17) is 27.9 Å². The summed E-state index contributed by atoms with van der Waals surface area (Å²) in [5, 5.41) is 7.73. The molecule has 0 bridgehead atoms. The molecule has 0 aliphatic heterocycles. The first-order chi connectivity index (χ1) is 14.0. The first kappa shape index (κ1) is 19.6. The van der Waals surface area contributed by atoms with E-state index in [1.54, 1.807) is 37.4 Å². The molecule has 146 valence electrons. The van der Waals surface area contributed by atoms with Crippen molar-refractivity contribution in [1.82, 2.24) is 15.2 Å². The Morgan fingerprint density at radius 3 is 2.59 bits per heavy atom. The van der Waals surface area contributed by atoms with Gasteiger partial charge in [-0.3, -0.25) is 9.78 Å². The molecule has 1 aromatic carbocycles. The van der Waals surface area contributed by atoms with Crippen LogP contribution in [0.25, 0.3) is 33.0 Å². The summed E-state index contributed by atoms with van der Waals surface area (Å²) in [5.41, 5.74) is 0.782. The molecule has 0 aliphatic carbocycles. The molecule has 0 amide bonds. The average molecular weight is 448 g/mol. The van der Waals surface area contributed by atoms with Crippen LogP contribution in [0.1, 0.15) is 0 Å². The van der Waals surface area contributed by atoms with Gasteiger partial charge in [-0.2, -0.15) is 5.10 Å². The number of nitrogens with zero attached hydrogens (tertiary/aromatic N) is 2. The molecule has 3 heterocycles. The van der Waals surface area contributed by atoms with Crippen molar-refractivity contribution in [1.29, 1.82) is 0 Å². The summed E-state index contributed by atoms with van der Waals surface area (Å²) in [4.78, 5) is 17.7. The highest BCUT2D eigenvalue weighted by molar-refractivity contribution is 7.17. The van der Waals surface area contributed by atoms with Crippen LogP contribution in [0.5, 0.6) is 5.06 Å². The third-order valence-corrected chi connectivity index (χ3v) is 5.74. The van der Waals surface area contributed by atoms with Crippen molar-refractivity contribution < 1.29 is 9.13 Å². The maximum absolute atomic E-state index is 14.6. The molecule has 3 aromatic heterocycles. The van der Waals surface area contributed by atoms with Crippen LogP contribution in [0.3, 0.4) is 0 Å². The van der Waals surface area contributed by atoms with Crippen LogP contribution in [0.15, 0.2) is 53.5 Å². The van der Waals surface area contributed by atoms with Crippen molar-refractivity contribution in [2.24, 2.45) is 0 Å². The van der Waals surface area contributed by atoms with Crippen molar-refractivity contribution in [3.05, 3.63) is 74.9 Å². The number of nitrogens with one attached hydrogen (secondary N) is 1. The predicted molar refractivity (Wildman–Crippen MR) is 113 cm³/mol. The molecule has 0 spiro atoms. The fraction of sp³-hybridized carbons (Fsp3) is 0.0500. The summed E-state index contributed by atoms with van der Waals surface area (Å²) in [6.45, 7) is 0. The number of H-pyrrole nitrogens is 1. The smallest absolute Gasteiger partial charge is 0.274 e. The number of ether oxygens (including phenoxy) is 1. The lowest BCUT2D eigenvalue weighted by molar-refractivity contribution is 0.427. The fourth-order valence-corrected chi connectivity index (χ4v) is 4.27. The minimum atomic E-state index is -0.510. The summed E-state index contributed by atoms with van der Waals surface area (Å²) < 4.78 is 19.9.